The van der Waals surface area contributed by atoms with E-state index in [1.54, 1.807) is 6.92 Å². The van der Waals surface area contributed by atoms with Crippen LogP contribution in [-0.2, 0) is 0 Å². The van der Waals surface area contributed by atoms with Gasteiger partial charge in [-0.2, -0.15) is 0 Å². The largest absolute Gasteiger partial charge is 0.399 e. The number of nitrogens with zero attached hydrogens (tertiary/aromatic N) is 2. The summed E-state index contributed by atoms with van der Waals surface area (Å²) in [6.07, 6.45) is 3.11. The minimum absolute atomic E-state index is 0.498. The van der Waals surface area contributed by atoms with Gasteiger partial charge in [0.25, 0.3) is 0 Å². The lowest BCUT2D eigenvalue weighted by Crippen LogP contribution is -2.06. The molecule has 3 N–H and O–H groups in total. The van der Waals surface area contributed by atoms with Crippen LogP contribution in [0.5, 0.6) is 0 Å². The molecule has 19 heavy (non-hydrogen) atoms. The van der Waals surface area contributed by atoms with Crippen molar-refractivity contribution < 1.29 is 5.11 Å². The van der Waals surface area contributed by atoms with Crippen molar-refractivity contribution in [3.05, 3.63) is 24.0 Å². The smallest absolute Gasteiger partial charge is 0.138 e. The molecule has 0 saturated heterocycles. The molecule has 1 fully saturated rings. The Labute approximate surface area is 113 Å². The summed E-state index contributed by atoms with van der Waals surface area (Å²) in [5.41, 5.74) is 8.51. The number of aliphatic hydroxyl groups is 1. The van der Waals surface area contributed by atoms with Gasteiger partial charge in [-0.3, -0.25) is 0 Å². The Morgan fingerprint density at radius 1 is 1.53 bits per heavy atom. The molecule has 0 amide bonds. The Morgan fingerprint density at radius 3 is 3.00 bits per heavy atom. The molecule has 1 aromatic heterocycles. The van der Waals surface area contributed by atoms with Gasteiger partial charge in [-0.1, -0.05) is 13.3 Å². The summed E-state index contributed by atoms with van der Waals surface area (Å²) in [6.45, 7) is 4.00. The number of nitrogens with two attached hydrogens (primary N) is 1. The van der Waals surface area contributed by atoms with E-state index in [9.17, 15) is 5.11 Å². The molecule has 1 heterocycles. The predicted octanol–water partition coefficient (Wildman–Crippen LogP) is 3.03. The summed E-state index contributed by atoms with van der Waals surface area (Å²) in [7, 11) is 0. The van der Waals surface area contributed by atoms with E-state index in [2.05, 4.69) is 16.5 Å². The second-order valence-electron chi connectivity index (χ2n) is 5.62. The maximum atomic E-state index is 9.95. The van der Waals surface area contributed by atoms with Gasteiger partial charge in [0.1, 0.15) is 11.9 Å². The van der Waals surface area contributed by atoms with Crippen LogP contribution in [0.25, 0.3) is 11.0 Å². The third-order valence-electron chi connectivity index (χ3n) is 3.99. The number of aliphatic hydroxyl groups excluding tert-OH is 1. The van der Waals surface area contributed by atoms with E-state index in [0.717, 1.165) is 28.5 Å². The quantitative estimate of drug-likeness (QED) is 0.829. The minimum Gasteiger partial charge on any atom is -0.399 e. The van der Waals surface area contributed by atoms with Gasteiger partial charge in [-0.15, -0.1) is 0 Å². The minimum atomic E-state index is -0.545. The average molecular weight is 259 g/mol. The van der Waals surface area contributed by atoms with E-state index in [4.69, 9.17) is 5.73 Å². The van der Waals surface area contributed by atoms with Crippen molar-refractivity contribution in [3.63, 3.8) is 0 Å². The molecule has 0 radical (unpaired) electrons. The van der Waals surface area contributed by atoms with Crippen LogP contribution in [0, 0.1) is 5.92 Å². The molecule has 4 nitrogen and oxygen atoms in total. The lowest BCUT2D eigenvalue weighted by atomic mass is 10.2. The van der Waals surface area contributed by atoms with Gasteiger partial charge in [-0.25, -0.2) is 4.98 Å². The maximum absolute atomic E-state index is 9.95. The van der Waals surface area contributed by atoms with Crippen molar-refractivity contribution >= 4 is 16.7 Å². The van der Waals surface area contributed by atoms with E-state index < -0.39 is 6.10 Å². The SMILES string of the molecule is CCCC1CC1n1c(C(C)O)nc2cc(N)ccc21. The Kier molecular flexibility index (Phi) is 2.97. The topological polar surface area (TPSA) is 64.1 Å². The summed E-state index contributed by atoms with van der Waals surface area (Å²) in [5, 5.41) is 9.95. The first-order valence-corrected chi connectivity index (χ1v) is 7.07. The summed E-state index contributed by atoms with van der Waals surface area (Å²) in [6, 6.07) is 6.31. The summed E-state index contributed by atoms with van der Waals surface area (Å²) in [4.78, 5) is 4.56. The van der Waals surface area contributed by atoms with Gasteiger partial charge in [0.2, 0.25) is 0 Å². The highest BCUT2D eigenvalue weighted by Gasteiger charge is 2.40. The molecular weight excluding hydrogens is 238 g/mol. The summed E-state index contributed by atoms with van der Waals surface area (Å²) < 4.78 is 2.22. The van der Waals surface area contributed by atoms with Crippen LogP contribution in [0.3, 0.4) is 0 Å². The second-order valence-corrected chi connectivity index (χ2v) is 5.62. The van der Waals surface area contributed by atoms with E-state index >= 15 is 0 Å². The fraction of sp³-hybridized carbons (Fsp3) is 0.533. The van der Waals surface area contributed by atoms with Gasteiger partial charge in [0.05, 0.1) is 11.0 Å². The van der Waals surface area contributed by atoms with Gasteiger partial charge >= 0.3 is 0 Å². The van der Waals surface area contributed by atoms with Crippen LogP contribution >= 0.6 is 0 Å². The number of aromatic nitrogens is 2. The first-order chi connectivity index (χ1) is 9.11. The molecule has 0 aliphatic heterocycles. The maximum Gasteiger partial charge on any atom is 0.138 e. The monoisotopic (exact) mass is 259 g/mol. The number of nitrogen functional groups attached to an aromatic ring is 1. The zero-order valence-electron chi connectivity index (χ0n) is 11.5. The van der Waals surface area contributed by atoms with Gasteiger partial charge in [0.15, 0.2) is 0 Å². The van der Waals surface area contributed by atoms with Crippen molar-refractivity contribution in [2.45, 2.75) is 45.3 Å². The number of fused-ring (bicyclic) bond motifs is 1. The molecule has 3 rings (SSSR count). The molecule has 0 spiro atoms. The Morgan fingerprint density at radius 2 is 2.32 bits per heavy atom. The van der Waals surface area contributed by atoms with Gasteiger partial charge < -0.3 is 15.4 Å². The van der Waals surface area contributed by atoms with Crippen LogP contribution in [0.15, 0.2) is 18.2 Å². The number of rotatable bonds is 4. The molecular formula is C15H21N3O. The third-order valence-corrected chi connectivity index (χ3v) is 3.99. The van der Waals surface area contributed by atoms with Crippen LogP contribution in [-0.4, -0.2) is 14.7 Å². The van der Waals surface area contributed by atoms with Gasteiger partial charge in [-0.05, 0) is 43.9 Å². The normalized spacial score (nSPS) is 23.7. The van der Waals surface area contributed by atoms with E-state index in [-0.39, 0.29) is 0 Å². The fourth-order valence-corrected chi connectivity index (χ4v) is 3.01. The lowest BCUT2D eigenvalue weighted by molar-refractivity contribution is 0.184. The van der Waals surface area contributed by atoms with Crippen LogP contribution in [0.1, 0.15) is 51.1 Å². The molecule has 1 saturated carbocycles. The number of hydrogen-bond acceptors (Lipinski definition) is 3. The van der Waals surface area contributed by atoms with Crippen molar-refractivity contribution in [1.82, 2.24) is 9.55 Å². The fourth-order valence-electron chi connectivity index (χ4n) is 3.01. The Hall–Kier alpha value is -1.55. The first kappa shape index (κ1) is 12.5. The number of imidazole rings is 1. The number of benzene rings is 1. The van der Waals surface area contributed by atoms with Gasteiger partial charge in [0, 0.05) is 11.7 Å². The molecule has 3 unspecified atom stereocenters. The highest BCUT2D eigenvalue weighted by Crippen LogP contribution is 2.49. The molecule has 2 aromatic rings. The Balaban J connectivity index is 2.08. The van der Waals surface area contributed by atoms with Crippen molar-refractivity contribution in [2.75, 3.05) is 5.73 Å². The zero-order chi connectivity index (χ0) is 13.6. The van der Waals surface area contributed by atoms with Crippen molar-refractivity contribution in [1.29, 1.82) is 0 Å². The molecule has 0 bridgehead atoms. The predicted molar refractivity (Wildman–Crippen MR) is 76.8 cm³/mol. The van der Waals surface area contributed by atoms with E-state index in [0.29, 0.717) is 6.04 Å². The second kappa shape index (κ2) is 4.53. The highest BCUT2D eigenvalue weighted by atomic mass is 16.3. The molecule has 102 valence electrons. The average Bonchev–Trinajstić information content (AvgIpc) is 3.00. The third kappa shape index (κ3) is 2.10. The molecule has 1 aliphatic carbocycles. The first-order valence-electron chi connectivity index (χ1n) is 7.07. The lowest BCUT2D eigenvalue weighted by Gasteiger charge is -2.10. The molecule has 4 heteroatoms. The zero-order valence-corrected chi connectivity index (χ0v) is 11.5. The number of anilines is 1. The summed E-state index contributed by atoms with van der Waals surface area (Å²) in [5.74, 6) is 1.50. The van der Waals surface area contributed by atoms with Crippen molar-refractivity contribution in [3.8, 4) is 0 Å². The van der Waals surface area contributed by atoms with Crippen LogP contribution < -0.4 is 5.73 Å². The van der Waals surface area contributed by atoms with Crippen LogP contribution in [0.2, 0.25) is 0 Å². The standard InChI is InChI=1S/C15H21N3O/c1-3-4-10-7-14(10)18-13-6-5-11(16)8-12(13)17-15(18)9(2)19/h5-6,8-10,14,19H,3-4,7,16H2,1-2H3. The Bertz CT molecular complexity index is 603. The number of hydrogen-bond donors (Lipinski definition) is 2. The molecule has 1 aromatic carbocycles. The molecule has 3 atom stereocenters. The summed E-state index contributed by atoms with van der Waals surface area (Å²) >= 11 is 0. The highest BCUT2D eigenvalue weighted by molar-refractivity contribution is 5.80. The molecule has 1 aliphatic rings. The van der Waals surface area contributed by atoms with Crippen LogP contribution in [0.4, 0.5) is 5.69 Å². The van der Waals surface area contributed by atoms with Crippen molar-refractivity contribution in [2.24, 2.45) is 5.92 Å². The van der Waals surface area contributed by atoms with E-state index in [1.165, 1.54) is 19.3 Å². The van der Waals surface area contributed by atoms with E-state index in [1.807, 2.05) is 18.2 Å².